The van der Waals surface area contributed by atoms with Crippen LogP contribution in [-0.4, -0.2) is 48.7 Å². The molecule has 1 N–H and O–H groups in total. The summed E-state index contributed by atoms with van der Waals surface area (Å²) in [4.78, 5) is 30.5. The Balaban J connectivity index is 1.40. The molecule has 3 aromatic heterocycles. The van der Waals surface area contributed by atoms with E-state index in [4.69, 9.17) is 0 Å². The molecule has 116 valence electrons. The van der Waals surface area contributed by atoms with Gasteiger partial charge in [0, 0.05) is 30.7 Å². The van der Waals surface area contributed by atoms with Crippen molar-refractivity contribution in [3.05, 3.63) is 36.6 Å². The number of carbonyl (C=O) groups is 1. The van der Waals surface area contributed by atoms with Gasteiger partial charge in [-0.15, -0.1) is 11.3 Å². The van der Waals surface area contributed by atoms with Crippen molar-refractivity contribution in [1.29, 1.82) is 0 Å². The number of amides is 1. The summed E-state index contributed by atoms with van der Waals surface area (Å²) in [5.41, 5.74) is 0. The Morgan fingerprint density at radius 2 is 2.09 bits per heavy atom. The third-order valence-electron chi connectivity index (χ3n) is 3.53. The van der Waals surface area contributed by atoms with Gasteiger partial charge in [0.05, 0.1) is 5.92 Å². The average molecular weight is 328 g/mol. The van der Waals surface area contributed by atoms with Crippen LogP contribution in [0.4, 0.5) is 10.9 Å². The average Bonchev–Trinajstić information content (AvgIpc) is 3.19. The Kier molecular flexibility index (Phi) is 3.42. The fourth-order valence-electron chi connectivity index (χ4n) is 2.29. The number of hydrogen-bond donors (Lipinski definition) is 1. The number of hydrogen-bond acceptors (Lipinski definition) is 8. The van der Waals surface area contributed by atoms with Crippen molar-refractivity contribution >= 4 is 28.2 Å². The van der Waals surface area contributed by atoms with Crippen molar-refractivity contribution in [2.75, 3.05) is 23.3 Å². The molecule has 1 saturated heterocycles. The molecule has 1 aliphatic rings. The molecule has 0 saturated carbocycles. The lowest BCUT2D eigenvalue weighted by molar-refractivity contribution is -0.120. The molecule has 0 unspecified atom stereocenters. The second kappa shape index (κ2) is 5.72. The fourth-order valence-corrected chi connectivity index (χ4v) is 2.82. The molecular weight excluding hydrogens is 316 g/mol. The molecular formula is C13H12N8OS. The van der Waals surface area contributed by atoms with Crippen LogP contribution in [0.2, 0.25) is 0 Å². The lowest BCUT2D eigenvalue weighted by atomic mass is 9.99. The highest BCUT2D eigenvalue weighted by atomic mass is 32.1. The number of thiazole rings is 1. The highest BCUT2D eigenvalue weighted by molar-refractivity contribution is 7.13. The minimum absolute atomic E-state index is 0.0123. The second-order valence-electron chi connectivity index (χ2n) is 5.00. The van der Waals surface area contributed by atoms with Gasteiger partial charge in [-0.1, -0.05) is 0 Å². The van der Waals surface area contributed by atoms with Crippen LogP contribution in [0.1, 0.15) is 0 Å². The molecule has 4 heterocycles. The van der Waals surface area contributed by atoms with E-state index in [-0.39, 0.29) is 11.8 Å². The highest BCUT2D eigenvalue weighted by Crippen LogP contribution is 2.24. The molecule has 9 nitrogen and oxygen atoms in total. The van der Waals surface area contributed by atoms with E-state index in [9.17, 15) is 4.79 Å². The van der Waals surface area contributed by atoms with Gasteiger partial charge in [-0.25, -0.2) is 24.6 Å². The van der Waals surface area contributed by atoms with Crippen LogP contribution < -0.4 is 10.2 Å². The fraction of sp³-hybridized carbons (Fsp3) is 0.231. The molecule has 0 aromatic carbocycles. The predicted octanol–water partition coefficient (Wildman–Crippen LogP) is 0.589. The van der Waals surface area contributed by atoms with Crippen molar-refractivity contribution in [3.8, 4) is 5.82 Å². The third kappa shape index (κ3) is 2.75. The first-order chi connectivity index (χ1) is 11.3. The SMILES string of the molecule is O=C(Nc1nccs1)C1CN(c2cc(-n3cncn3)ncn2)C1. The summed E-state index contributed by atoms with van der Waals surface area (Å²) < 4.78 is 1.57. The highest BCUT2D eigenvalue weighted by Gasteiger charge is 2.34. The van der Waals surface area contributed by atoms with Gasteiger partial charge >= 0.3 is 0 Å². The van der Waals surface area contributed by atoms with E-state index in [1.807, 2.05) is 16.3 Å². The Bertz CT molecular complexity index is 797. The molecule has 0 radical (unpaired) electrons. The van der Waals surface area contributed by atoms with Crippen LogP contribution >= 0.6 is 11.3 Å². The van der Waals surface area contributed by atoms with Gasteiger partial charge < -0.3 is 10.2 Å². The number of aromatic nitrogens is 6. The van der Waals surface area contributed by atoms with Crippen molar-refractivity contribution in [1.82, 2.24) is 29.7 Å². The van der Waals surface area contributed by atoms with Crippen LogP contribution in [0.15, 0.2) is 36.6 Å². The zero-order valence-corrected chi connectivity index (χ0v) is 12.7. The molecule has 1 fully saturated rings. The van der Waals surface area contributed by atoms with Gasteiger partial charge in [-0.05, 0) is 0 Å². The van der Waals surface area contributed by atoms with Crippen molar-refractivity contribution in [2.24, 2.45) is 5.92 Å². The summed E-state index contributed by atoms with van der Waals surface area (Å²) >= 11 is 1.41. The predicted molar refractivity (Wildman–Crippen MR) is 83.4 cm³/mol. The number of rotatable bonds is 4. The van der Waals surface area contributed by atoms with Crippen LogP contribution in [0.5, 0.6) is 0 Å². The molecule has 23 heavy (non-hydrogen) atoms. The van der Waals surface area contributed by atoms with Gasteiger partial charge in [-0.2, -0.15) is 5.10 Å². The molecule has 1 aliphatic heterocycles. The Morgan fingerprint density at radius 3 is 2.83 bits per heavy atom. The van der Waals surface area contributed by atoms with Gasteiger partial charge in [0.15, 0.2) is 10.9 Å². The van der Waals surface area contributed by atoms with Crippen molar-refractivity contribution < 1.29 is 4.79 Å². The number of nitrogens with zero attached hydrogens (tertiary/aromatic N) is 7. The summed E-state index contributed by atoms with van der Waals surface area (Å²) in [7, 11) is 0. The summed E-state index contributed by atoms with van der Waals surface area (Å²) in [6, 6.07) is 1.82. The number of nitrogens with one attached hydrogen (secondary N) is 1. The number of carbonyl (C=O) groups excluding carboxylic acids is 1. The summed E-state index contributed by atoms with van der Waals surface area (Å²) in [5, 5.41) is 9.32. The summed E-state index contributed by atoms with van der Waals surface area (Å²) in [6.45, 7) is 1.23. The molecule has 1 amide bonds. The van der Waals surface area contributed by atoms with Crippen LogP contribution in [0.25, 0.3) is 5.82 Å². The first-order valence-electron chi connectivity index (χ1n) is 6.92. The van der Waals surface area contributed by atoms with Gasteiger partial charge in [0.1, 0.15) is 24.8 Å². The largest absolute Gasteiger partial charge is 0.355 e. The topological polar surface area (TPSA) is 102 Å². The van der Waals surface area contributed by atoms with Crippen molar-refractivity contribution in [2.45, 2.75) is 0 Å². The Morgan fingerprint density at radius 1 is 1.22 bits per heavy atom. The maximum Gasteiger partial charge on any atom is 0.232 e. The zero-order chi connectivity index (χ0) is 15.6. The monoisotopic (exact) mass is 328 g/mol. The quantitative estimate of drug-likeness (QED) is 0.748. The van der Waals surface area contributed by atoms with Crippen LogP contribution in [0, 0.1) is 5.92 Å². The first-order valence-corrected chi connectivity index (χ1v) is 7.80. The van der Waals surface area contributed by atoms with E-state index >= 15 is 0 Å². The standard InChI is InChI=1S/C13H12N8OS/c22-12(19-13-15-1-2-23-13)9-4-20(5-9)10-3-11(17-7-16-10)21-8-14-6-18-21/h1-3,6-9H,4-5H2,(H,15,19,22). The second-order valence-corrected chi connectivity index (χ2v) is 5.90. The number of anilines is 2. The van der Waals surface area contributed by atoms with E-state index in [1.54, 1.807) is 17.2 Å². The van der Waals surface area contributed by atoms with Gasteiger partial charge in [0.25, 0.3) is 0 Å². The van der Waals surface area contributed by atoms with E-state index in [2.05, 4.69) is 30.4 Å². The molecule has 0 spiro atoms. The zero-order valence-electron chi connectivity index (χ0n) is 11.9. The maximum absolute atomic E-state index is 12.1. The van der Waals surface area contributed by atoms with Gasteiger partial charge in [-0.3, -0.25) is 4.79 Å². The van der Waals surface area contributed by atoms with Crippen LogP contribution in [0.3, 0.4) is 0 Å². The van der Waals surface area contributed by atoms with Gasteiger partial charge in [0.2, 0.25) is 5.91 Å². The normalized spacial score (nSPS) is 14.5. The van der Waals surface area contributed by atoms with E-state index in [0.29, 0.717) is 24.0 Å². The van der Waals surface area contributed by atoms with E-state index in [1.165, 1.54) is 24.0 Å². The first kappa shape index (κ1) is 13.8. The van der Waals surface area contributed by atoms with Crippen LogP contribution in [-0.2, 0) is 4.79 Å². The minimum atomic E-state index is -0.0660. The maximum atomic E-state index is 12.1. The summed E-state index contributed by atoms with van der Waals surface area (Å²) in [6.07, 6.45) is 6.17. The Labute approximate surface area is 135 Å². The minimum Gasteiger partial charge on any atom is -0.355 e. The molecule has 0 atom stereocenters. The molecule has 10 heteroatoms. The lowest BCUT2D eigenvalue weighted by Crippen LogP contribution is -2.52. The third-order valence-corrected chi connectivity index (χ3v) is 4.22. The molecule has 4 rings (SSSR count). The van der Waals surface area contributed by atoms with Crippen molar-refractivity contribution in [3.63, 3.8) is 0 Å². The molecule has 0 bridgehead atoms. The summed E-state index contributed by atoms with van der Waals surface area (Å²) in [5.74, 6) is 1.33. The van der Waals surface area contributed by atoms with E-state index in [0.717, 1.165) is 5.82 Å². The lowest BCUT2D eigenvalue weighted by Gasteiger charge is -2.38. The molecule has 0 aliphatic carbocycles. The molecule has 3 aromatic rings. The Hall–Kier alpha value is -2.88. The van der Waals surface area contributed by atoms with E-state index < -0.39 is 0 Å². The smallest absolute Gasteiger partial charge is 0.232 e.